The molecule has 1 aliphatic rings. The van der Waals surface area contributed by atoms with Gasteiger partial charge in [0.05, 0.1) is 23.8 Å². The van der Waals surface area contributed by atoms with Crippen molar-refractivity contribution in [1.82, 2.24) is 14.3 Å². The van der Waals surface area contributed by atoms with Crippen LogP contribution in [0.15, 0.2) is 36.7 Å². The third kappa shape index (κ3) is 5.34. The molecule has 1 atom stereocenters. The normalized spacial score (nSPS) is 20.2. The number of methoxy groups -OCH3 is 1. The SMILES string of the molecule is COc1cc2ncnc(Nc3ccc(F)c(Cl)c3)c2cc1OC1CCC(N(C)S(C)(=O)=[OH+])CC1. The molecule has 4 rings (SSSR count). The van der Waals surface area contributed by atoms with E-state index in [0.717, 1.165) is 25.7 Å². The molecule has 11 heteroatoms. The summed E-state index contributed by atoms with van der Waals surface area (Å²) in [6.07, 6.45) is 5.71. The second kappa shape index (κ2) is 9.89. The maximum absolute atomic E-state index is 13.5. The molecule has 182 valence electrons. The smallest absolute Gasteiger partial charge is 0.342 e. The first-order chi connectivity index (χ1) is 16.2. The topological polar surface area (TPSA) is 98.0 Å². The number of hydrogen-bond donors (Lipinski definition) is 1. The van der Waals surface area contributed by atoms with Gasteiger partial charge in [0.15, 0.2) is 11.5 Å². The first-order valence-corrected chi connectivity index (χ1v) is 13.1. The lowest BCUT2D eigenvalue weighted by Gasteiger charge is -2.32. The summed E-state index contributed by atoms with van der Waals surface area (Å²) in [6.45, 7) is 0. The minimum Gasteiger partial charge on any atom is -0.493 e. The van der Waals surface area contributed by atoms with E-state index in [0.29, 0.717) is 33.9 Å². The maximum Gasteiger partial charge on any atom is 0.342 e. The molecule has 2 N–H and O–H groups in total. The average molecular weight is 510 g/mol. The van der Waals surface area contributed by atoms with Gasteiger partial charge in [0, 0.05) is 30.2 Å². The maximum atomic E-state index is 13.5. The number of hydrogen-bond acceptors (Lipinski definition) is 6. The van der Waals surface area contributed by atoms with Gasteiger partial charge in [-0.2, -0.15) is 8.51 Å². The van der Waals surface area contributed by atoms with Crippen molar-refractivity contribution in [2.45, 2.75) is 37.8 Å². The van der Waals surface area contributed by atoms with Crippen LogP contribution in [-0.4, -0.2) is 55.3 Å². The minimum atomic E-state index is -2.98. The Balaban J connectivity index is 1.57. The Morgan fingerprint density at radius 2 is 1.91 bits per heavy atom. The molecule has 0 saturated heterocycles. The van der Waals surface area contributed by atoms with Crippen LogP contribution >= 0.6 is 11.6 Å². The minimum absolute atomic E-state index is 0.00962. The Kier molecular flexibility index (Phi) is 7.11. The van der Waals surface area contributed by atoms with Crippen LogP contribution in [0.25, 0.3) is 10.9 Å². The number of rotatable bonds is 7. The number of nitrogens with zero attached hydrogens (tertiary/aromatic N) is 3. The van der Waals surface area contributed by atoms with Crippen molar-refractivity contribution in [3.8, 4) is 11.5 Å². The van der Waals surface area contributed by atoms with Gasteiger partial charge in [-0.25, -0.2) is 18.6 Å². The third-order valence-electron chi connectivity index (χ3n) is 6.09. The first kappa shape index (κ1) is 24.4. The summed E-state index contributed by atoms with van der Waals surface area (Å²) in [5.74, 6) is 1.13. The lowest BCUT2D eigenvalue weighted by Crippen LogP contribution is -2.40. The predicted molar refractivity (Wildman–Crippen MR) is 131 cm³/mol. The Labute approximate surface area is 203 Å². The van der Waals surface area contributed by atoms with E-state index in [1.165, 1.54) is 24.7 Å². The molecule has 3 aromatic rings. The molecule has 1 aromatic heterocycles. The van der Waals surface area contributed by atoms with Gasteiger partial charge in [-0.3, -0.25) is 0 Å². The van der Waals surface area contributed by atoms with Crippen molar-refractivity contribution in [2.75, 3.05) is 25.7 Å². The summed E-state index contributed by atoms with van der Waals surface area (Å²) in [4.78, 5) is 8.67. The van der Waals surface area contributed by atoms with E-state index in [4.69, 9.17) is 21.1 Å². The molecule has 1 saturated carbocycles. The second-order valence-corrected chi connectivity index (χ2v) is 10.9. The zero-order valence-corrected chi connectivity index (χ0v) is 20.7. The lowest BCUT2D eigenvalue weighted by molar-refractivity contribution is 0.122. The monoisotopic (exact) mass is 509 g/mol. The molecule has 8 nitrogen and oxygen atoms in total. The summed E-state index contributed by atoms with van der Waals surface area (Å²) < 4.78 is 48.7. The van der Waals surface area contributed by atoms with Gasteiger partial charge >= 0.3 is 10.0 Å². The highest BCUT2D eigenvalue weighted by atomic mass is 35.5. The molecule has 1 fully saturated rings. The van der Waals surface area contributed by atoms with Gasteiger partial charge in [0.1, 0.15) is 24.2 Å². The molecule has 2 aromatic carbocycles. The van der Waals surface area contributed by atoms with Crippen LogP contribution in [0.1, 0.15) is 25.7 Å². The summed E-state index contributed by atoms with van der Waals surface area (Å²) >= 11 is 5.91. The van der Waals surface area contributed by atoms with Crippen LogP contribution in [0.2, 0.25) is 5.02 Å². The largest absolute Gasteiger partial charge is 0.493 e. The van der Waals surface area contributed by atoms with Crippen LogP contribution < -0.4 is 14.8 Å². The number of benzene rings is 2. The zero-order chi connectivity index (χ0) is 24.5. The van der Waals surface area contributed by atoms with Gasteiger partial charge in [-0.1, -0.05) is 11.6 Å². The summed E-state index contributed by atoms with van der Waals surface area (Å²) in [7, 11) is 0.276. The van der Waals surface area contributed by atoms with Crippen molar-refractivity contribution in [1.29, 1.82) is 0 Å². The number of aromatic nitrogens is 2. The summed E-state index contributed by atoms with van der Waals surface area (Å²) in [6, 6.07) is 7.99. The zero-order valence-electron chi connectivity index (χ0n) is 19.1. The van der Waals surface area contributed by atoms with Gasteiger partial charge in [-0.15, -0.1) is 0 Å². The Morgan fingerprint density at radius 1 is 1.18 bits per heavy atom. The van der Waals surface area contributed by atoms with Crippen molar-refractivity contribution >= 4 is 44.0 Å². The van der Waals surface area contributed by atoms with E-state index < -0.39 is 15.8 Å². The van der Waals surface area contributed by atoms with E-state index >= 15 is 0 Å². The second-order valence-electron chi connectivity index (χ2n) is 8.35. The van der Waals surface area contributed by atoms with Crippen LogP contribution in [0.5, 0.6) is 11.5 Å². The van der Waals surface area contributed by atoms with E-state index in [9.17, 15) is 12.8 Å². The molecule has 1 unspecified atom stereocenters. The van der Waals surface area contributed by atoms with E-state index in [2.05, 4.69) is 15.3 Å². The van der Waals surface area contributed by atoms with Crippen LogP contribution in [0.4, 0.5) is 15.9 Å². The molecule has 1 aliphatic carbocycles. The molecular formula is C23H27ClFN4O4S+. The molecule has 0 bridgehead atoms. The van der Waals surface area contributed by atoms with Crippen molar-refractivity contribution in [3.63, 3.8) is 0 Å². The summed E-state index contributed by atoms with van der Waals surface area (Å²) in [5.41, 5.74) is 1.24. The van der Waals surface area contributed by atoms with Gasteiger partial charge < -0.3 is 14.8 Å². The Hall–Kier alpha value is -2.69. The standard InChI is InChI=1S/C23H26ClFN4O4S/c1-29(34(3,30)31)15-5-7-16(8-6-15)33-22-11-17-20(12-21(22)32-2)26-13-27-23(17)28-14-4-9-19(25)18(24)10-14/h4,9-13,15-16H,5-8H2,1-3H3,(H,26,27,28)/p+1. The van der Waals surface area contributed by atoms with Gasteiger partial charge in [0.25, 0.3) is 0 Å². The molecule has 0 spiro atoms. The predicted octanol–water partition coefficient (Wildman–Crippen LogP) is 4.91. The number of nitrogens with one attached hydrogen (secondary N) is 1. The Morgan fingerprint density at radius 3 is 2.56 bits per heavy atom. The number of halogens is 2. The highest BCUT2D eigenvalue weighted by Gasteiger charge is 2.31. The molecule has 0 aliphatic heterocycles. The molecule has 0 amide bonds. The fraction of sp³-hybridized carbons (Fsp3) is 0.391. The van der Waals surface area contributed by atoms with Crippen molar-refractivity contribution in [2.24, 2.45) is 0 Å². The molecular weight excluding hydrogens is 483 g/mol. The van der Waals surface area contributed by atoms with Gasteiger partial charge in [0.2, 0.25) is 0 Å². The van der Waals surface area contributed by atoms with Crippen LogP contribution in [0.3, 0.4) is 0 Å². The Bertz CT molecular complexity index is 1300. The highest BCUT2D eigenvalue weighted by molar-refractivity contribution is 7.88. The van der Waals surface area contributed by atoms with Crippen LogP contribution in [-0.2, 0) is 10.0 Å². The highest BCUT2D eigenvalue weighted by Crippen LogP contribution is 2.37. The average Bonchev–Trinajstić information content (AvgIpc) is 2.81. The van der Waals surface area contributed by atoms with Crippen molar-refractivity contribution in [3.05, 3.63) is 47.5 Å². The molecule has 1 heterocycles. The summed E-state index contributed by atoms with van der Waals surface area (Å²) in [5, 5.41) is 3.88. The first-order valence-electron chi connectivity index (χ1n) is 10.8. The fourth-order valence-corrected chi connectivity index (χ4v) is 5.05. The van der Waals surface area contributed by atoms with Gasteiger partial charge in [-0.05, 0) is 49.9 Å². The van der Waals surface area contributed by atoms with Crippen molar-refractivity contribution < 1.29 is 22.3 Å². The van der Waals surface area contributed by atoms with E-state index in [-0.39, 0.29) is 17.2 Å². The number of anilines is 2. The quantitative estimate of drug-likeness (QED) is 0.454. The third-order valence-corrected chi connectivity index (χ3v) is 7.75. The fourth-order valence-electron chi connectivity index (χ4n) is 4.11. The van der Waals surface area contributed by atoms with Crippen LogP contribution in [0, 0.1) is 5.82 Å². The lowest BCUT2D eigenvalue weighted by atomic mass is 9.93. The van der Waals surface area contributed by atoms with E-state index in [1.807, 2.05) is 6.07 Å². The molecule has 34 heavy (non-hydrogen) atoms. The number of ether oxygens (including phenoxy) is 2. The number of fused-ring (bicyclic) bond motifs is 1. The molecule has 0 radical (unpaired) electrons. The van der Waals surface area contributed by atoms with E-state index in [1.54, 1.807) is 30.6 Å².